The first kappa shape index (κ1) is 18.0. The minimum Gasteiger partial charge on any atom is -0.459 e. The Morgan fingerprint density at radius 2 is 1.46 bits per heavy atom. The minimum absolute atomic E-state index is 0.127. The van der Waals surface area contributed by atoms with E-state index in [4.69, 9.17) is 4.74 Å². The van der Waals surface area contributed by atoms with Crippen LogP contribution in [0.25, 0.3) is 0 Å². The molecule has 2 heteroatoms. The highest BCUT2D eigenvalue weighted by Crippen LogP contribution is 2.64. The van der Waals surface area contributed by atoms with Crippen LogP contribution >= 0.6 is 0 Å². The molecule has 0 aromatic carbocycles. The Hall–Kier alpha value is -0.790. The van der Waals surface area contributed by atoms with E-state index in [1.165, 1.54) is 64.2 Å². The molecule has 0 saturated heterocycles. The monoisotopic (exact) mass is 382 g/mol. The summed E-state index contributed by atoms with van der Waals surface area (Å²) in [5.41, 5.74) is 0.579. The van der Waals surface area contributed by atoms with Gasteiger partial charge in [0.15, 0.2) is 0 Å². The van der Waals surface area contributed by atoms with Gasteiger partial charge < -0.3 is 4.74 Å². The van der Waals surface area contributed by atoms with E-state index in [0.29, 0.717) is 11.5 Å². The van der Waals surface area contributed by atoms with Gasteiger partial charge in [0, 0.05) is 5.57 Å². The van der Waals surface area contributed by atoms with Crippen molar-refractivity contribution in [2.75, 3.05) is 0 Å². The van der Waals surface area contributed by atoms with E-state index in [-0.39, 0.29) is 12.1 Å². The maximum absolute atomic E-state index is 12.5. The average Bonchev–Trinajstić information content (AvgIpc) is 3.48. The quantitative estimate of drug-likeness (QED) is 0.430. The van der Waals surface area contributed by atoms with Crippen LogP contribution in [0.15, 0.2) is 12.2 Å². The van der Waals surface area contributed by atoms with Crippen LogP contribution in [0.3, 0.4) is 0 Å². The van der Waals surface area contributed by atoms with E-state index >= 15 is 0 Å². The van der Waals surface area contributed by atoms with Crippen LogP contribution in [0.4, 0.5) is 0 Å². The molecule has 6 aliphatic rings. The van der Waals surface area contributed by atoms with Gasteiger partial charge in [0.1, 0.15) is 6.10 Å². The lowest BCUT2D eigenvalue weighted by atomic mass is 9.69. The Morgan fingerprint density at radius 1 is 0.857 bits per heavy atom. The van der Waals surface area contributed by atoms with E-state index < -0.39 is 0 Å². The molecule has 6 fully saturated rings. The molecular formula is C26H38O2. The lowest BCUT2D eigenvalue weighted by molar-refractivity contribution is -0.150. The van der Waals surface area contributed by atoms with Crippen LogP contribution in [-0.2, 0) is 9.53 Å². The molecule has 11 atom stereocenters. The van der Waals surface area contributed by atoms with Crippen molar-refractivity contribution in [2.45, 2.75) is 83.7 Å². The fraction of sp³-hybridized carbons (Fsp3) is 0.885. The first-order valence-electron chi connectivity index (χ1n) is 12.5. The van der Waals surface area contributed by atoms with Crippen molar-refractivity contribution in [3.63, 3.8) is 0 Å². The second-order valence-corrected chi connectivity index (χ2v) is 11.7. The molecule has 0 aromatic heterocycles. The summed E-state index contributed by atoms with van der Waals surface area (Å²) in [6.07, 6.45) is 15.8. The normalized spacial score (nSPS) is 51.3. The zero-order valence-electron chi connectivity index (χ0n) is 17.7. The number of rotatable bonds is 5. The Labute approximate surface area is 170 Å². The first-order chi connectivity index (χ1) is 13.6. The van der Waals surface area contributed by atoms with Gasteiger partial charge in [-0.2, -0.15) is 0 Å². The summed E-state index contributed by atoms with van der Waals surface area (Å²) < 4.78 is 6.24. The summed E-state index contributed by atoms with van der Waals surface area (Å²) in [4.78, 5) is 12.5. The molecule has 4 bridgehead atoms. The van der Waals surface area contributed by atoms with Gasteiger partial charge in [0.25, 0.3) is 0 Å². The summed E-state index contributed by atoms with van der Waals surface area (Å²) in [6, 6.07) is 0. The molecule has 0 amide bonds. The second kappa shape index (κ2) is 6.61. The lowest BCUT2D eigenvalue weighted by Crippen LogP contribution is -2.38. The average molecular weight is 383 g/mol. The second-order valence-electron chi connectivity index (χ2n) is 11.7. The Kier molecular flexibility index (Phi) is 4.25. The Balaban J connectivity index is 1.20. The highest BCUT2D eigenvalue weighted by atomic mass is 16.5. The molecule has 0 aromatic rings. The van der Waals surface area contributed by atoms with Crippen molar-refractivity contribution in [2.24, 2.45) is 59.2 Å². The molecule has 11 unspecified atom stereocenters. The smallest absolute Gasteiger partial charge is 0.333 e. The highest BCUT2D eigenvalue weighted by Gasteiger charge is 2.58. The van der Waals surface area contributed by atoms with Crippen LogP contribution in [-0.4, -0.2) is 12.1 Å². The third-order valence-corrected chi connectivity index (χ3v) is 10.7. The van der Waals surface area contributed by atoms with Crippen LogP contribution in [0.1, 0.15) is 77.6 Å². The maximum Gasteiger partial charge on any atom is 0.333 e. The molecule has 0 spiro atoms. The fourth-order valence-corrected chi connectivity index (χ4v) is 9.88. The van der Waals surface area contributed by atoms with Gasteiger partial charge in [0.05, 0.1) is 0 Å². The summed E-state index contributed by atoms with van der Waals surface area (Å²) in [5.74, 6) is 9.11. The van der Waals surface area contributed by atoms with Gasteiger partial charge in [-0.1, -0.05) is 19.4 Å². The van der Waals surface area contributed by atoms with E-state index in [2.05, 4.69) is 6.58 Å². The number of carbonyl (C=O) groups is 1. The highest BCUT2D eigenvalue weighted by molar-refractivity contribution is 5.87. The van der Waals surface area contributed by atoms with Gasteiger partial charge in [-0.15, -0.1) is 0 Å². The number of ether oxygens (including phenoxy) is 1. The van der Waals surface area contributed by atoms with Gasteiger partial charge >= 0.3 is 5.97 Å². The molecule has 6 rings (SSSR count). The van der Waals surface area contributed by atoms with Gasteiger partial charge in [-0.25, -0.2) is 4.79 Å². The predicted molar refractivity (Wildman–Crippen MR) is 110 cm³/mol. The van der Waals surface area contributed by atoms with Crippen molar-refractivity contribution in [3.8, 4) is 0 Å². The maximum atomic E-state index is 12.5. The molecule has 0 heterocycles. The molecule has 6 aliphatic carbocycles. The molecule has 0 aliphatic heterocycles. The van der Waals surface area contributed by atoms with Crippen molar-refractivity contribution >= 4 is 5.97 Å². The number of esters is 1. The topological polar surface area (TPSA) is 26.3 Å². The lowest BCUT2D eigenvalue weighted by Gasteiger charge is -2.39. The van der Waals surface area contributed by atoms with Gasteiger partial charge in [-0.3, -0.25) is 0 Å². The molecule has 0 N–H and O–H groups in total. The summed E-state index contributed by atoms with van der Waals surface area (Å²) >= 11 is 0. The van der Waals surface area contributed by atoms with Gasteiger partial charge in [0.2, 0.25) is 0 Å². The van der Waals surface area contributed by atoms with E-state index in [1.807, 2.05) is 6.92 Å². The zero-order chi connectivity index (χ0) is 19.0. The molecule has 2 nitrogen and oxygen atoms in total. The zero-order valence-corrected chi connectivity index (χ0v) is 17.7. The summed E-state index contributed by atoms with van der Waals surface area (Å²) in [7, 11) is 0. The number of fused-ring (bicyclic) bond motifs is 10. The molecule has 28 heavy (non-hydrogen) atoms. The predicted octanol–water partition coefficient (Wildman–Crippen LogP) is 6.01. The van der Waals surface area contributed by atoms with E-state index in [1.54, 1.807) is 0 Å². The number of carbonyl (C=O) groups excluding carboxylic acids is 1. The number of hydrogen-bond acceptors (Lipinski definition) is 2. The van der Waals surface area contributed by atoms with Crippen LogP contribution < -0.4 is 0 Å². The Morgan fingerprint density at radius 3 is 2.18 bits per heavy atom. The summed E-state index contributed by atoms with van der Waals surface area (Å²) in [5, 5.41) is 0. The van der Waals surface area contributed by atoms with Gasteiger partial charge in [-0.05, 0) is 124 Å². The molecule has 154 valence electrons. The summed E-state index contributed by atoms with van der Waals surface area (Å²) in [6.45, 7) is 5.69. The minimum atomic E-state index is -0.127. The van der Waals surface area contributed by atoms with E-state index in [9.17, 15) is 4.79 Å². The van der Waals surface area contributed by atoms with Crippen molar-refractivity contribution < 1.29 is 9.53 Å². The van der Waals surface area contributed by atoms with Crippen LogP contribution in [0.5, 0.6) is 0 Å². The molecule has 0 radical (unpaired) electrons. The SMILES string of the molecule is C=C(C)C(=O)OC(CC1CC2CC1C1CCCC21)C1CC2CC1C1CCCC21. The fourth-order valence-electron chi connectivity index (χ4n) is 9.88. The third-order valence-electron chi connectivity index (χ3n) is 10.7. The third kappa shape index (κ3) is 2.61. The molecular weight excluding hydrogens is 344 g/mol. The van der Waals surface area contributed by atoms with Crippen molar-refractivity contribution in [1.29, 1.82) is 0 Å². The Bertz CT molecular complexity index is 667. The number of hydrogen-bond donors (Lipinski definition) is 0. The van der Waals surface area contributed by atoms with Crippen LogP contribution in [0.2, 0.25) is 0 Å². The largest absolute Gasteiger partial charge is 0.459 e. The molecule has 6 saturated carbocycles. The van der Waals surface area contributed by atoms with Crippen LogP contribution in [0, 0.1) is 59.2 Å². The van der Waals surface area contributed by atoms with E-state index in [0.717, 1.165) is 59.7 Å². The standard InChI is InChI=1S/C26H38O2/c1-14(2)26(27)28-25(24-12-17-11-23(24)21-8-4-6-19(17)21)13-16-9-15-10-22(16)20-7-3-5-18(15)20/h15-25H,1,3-13H2,2H3. The van der Waals surface area contributed by atoms with Crippen molar-refractivity contribution in [3.05, 3.63) is 12.2 Å². The first-order valence-corrected chi connectivity index (χ1v) is 12.5. The van der Waals surface area contributed by atoms with Crippen molar-refractivity contribution in [1.82, 2.24) is 0 Å².